The van der Waals surface area contributed by atoms with Gasteiger partial charge in [-0.2, -0.15) is 0 Å². The Morgan fingerprint density at radius 1 is 1.20 bits per heavy atom. The van der Waals surface area contributed by atoms with Crippen LogP contribution in [-0.4, -0.2) is 69.1 Å². The number of furan rings is 1. The van der Waals surface area contributed by atoms with Gasteiger partial charge in [0.05, 0.1) is 12.9 Å². The molecule has 0 radical (unpaired) electrons. The molecule has 114 valence electrons. The zero-order chi connectivity index (χ0) is 15.7. The van der Waals surface area contributed by atoms with Crippen LogP contribution in [0.4, 0.5) is 0 Å². The van der Waals surface area contributed by atoms with E-state index in [9.17, 15) is 9.59 Å². The summed E-state index contributed by atoms with van der Waals surface area (Å²) in [4.78, 5) is 19.9. The molecule has 0 spiro atoms. The molecule has 0 aliphatic rings. The van der Waals surface area contributed by atoms with Crippen LogP contribution in [0, 0.1) is 6.92 Å². The standard InChI is InChI=1S/C6H12O6.C6H6O2/c7-1-3(9)5(11)6(12)4(10)2-8;1-5-2-3-8-6(5)4-7/h1,3-6,8-12H,2H2;2-4H,1H3. The lowest BCUT2D eigenvalue weighted by atomic mass is 10.0. The van der Waals surface area contributed by atoms with Gasteiger partial charge in [0, 0.05) is 0 Å². The Morgan fingerprint density at radius 2 is 1.80 bits per heavy atom. The smallest absolute Gasteiger partial charge is 0.185 e. The number of hydrogen-bond acceptors (Lipinski definition) is 8. The lowest BCUT2D eigenvalue weighted by Crippen LogP contribution is -2.46. The molecule has 0 fully saturated rings. The number of hydrogen-bond donors (Lipinski definition) is 5. The van der Waals surface area contributed by atoms with E-state index >= 15 is 0 Å². The molecular weight excluding hydrogens is 272 g/mol. The van der Waals surface area contributed by atoms with Gasteiger partial charge >= 0.3 is 0 Å². The first-order valence-electron chi connectivity index (χ1n) is 5.66. The third kappa shape index (κ3) is 5.59. The number of rotatable bonds is 6. The second-order valence-electron chi connectivity index (χ2n) is 3.94. The molecule has 1 aromatic heterocycles. The molecule has 0 bridgehead atoms. The van der Waals surface area contributed by atoms with Gasteiger partial charge in [-0.15, -0.1) is 0 Å². The molecule has 0 amide bonds. The minimum absolute atomic E-state index is 0.0258. The van der Waals surface area contributed by atoms with Crippen molar-refractivity contribution in [2.45, 2.75) is 31.3 Å². The quantitative estimate of drug-likeness (QED) is 0.378. The fraction of sp³-hybridized carbons (Fsp3) is 0.500. The molecular formula is C12H18O8. The van der Waals surface area contributed by atoms with Gasteiger partial charge in [-0.05, 0) is 18.6 Å². The Hall–Kier alpha value is -1.58. The number of aldehydes is 2. The summed E-state index contributed by atoms with van der Waals surface area (Å²) in [5.74, 6) is 0.421. The number of carbonyl (C=O) groups is 2. The van der Waals surface area contributed by atoms with Gasteiger partial charge < -0.3 is 34.7 Å². The van der Waals surface area contributed by atoms with Gasteiger partial charge in [0.25, 0.3) is 0 Å². The molecule has 4 unspecified atom stereocenters. The number of aliphatic hydroxyl groups excluding tert-OH is 5. The van der Waals surface area contributed by atoms with Gasteiger partial charge in [-0.3, -0.25) is 4.79 Å². The molecule has 1 aromatic rings. The van der Waals surface area contributed by atoms with Crippen LogP contribution in [0.1, 0.15) is 16.1 Å². The van der Waals surface area contributed by atoms with Crippen molar-refractivity contribution in [2.24, 2.45) is 0 Å². The van der Waals surface area contributed by atoms with E-state index in [2.05, 4.69) is 0 Å². The highest BCUT2D eigenvalue weighted by molar-refractivity contribution is 5.72. The molecule has 8 heteroatoms. The second-order valence-corrected chi connectivity index (χ2v) is 3.94. The van der Waals surface area contributed by atoms with Crippen molar-refractivity contribution in [1.82, 2.24) is 0 Å². The van der Waals surface area contributed by atoms with E-state index < -0.39 is 31.0 Å². The van der Waals surface area contributed by atoms with Crippen molar-refractivity contribution in [2.75, 3.05) is 6.61 Å². The average Bonchev–Trinajstić information content (AvgIpc) is 2.89. The molecule has 5 N–H and O–H groups in total. The van der Waals surface area contributed by atoms with Gasteiger partial charge in [0.15, 0.2) is 18.3 Å². The van der Waals surface area contributed by atoms with Crippen LogP contribution in [-0.2, 0) is 4.79 Å². The lowest BCUT2D eigenvalue weighted by Gasteiger charge is -2.22. The van der Waals surface area contributed by atoms with E-state index in [1.807, 2.05) is 6.92 Å². The molecule has 0 aliphatic heterocycles. The van der Waals surface area contributed by atoms with Crippen LogP contribution in [0.3, 0.4) is 0 Å². The summed E-state index contributed by atoms with van der Waals surface area (Å²) < 4.78 is 4.75. The SMILES string of the molecule is Cc1ccoc1C=O.O=CC(O)C(O)C(O)C(O)CO. The topological polar surface area (TPSA) is 148 Å². The molecule has 0 aromatic carbocycles. The summed E-state index contributed by atoms with van der Waals surface area (Å²) in [5, 5.41) is 43.5. The molecule has 1 rings (SSSR count). The maximum absolute atomic E-state index is 9.99. The van der Waals surface area contributed by atoms with Gasteiger partial charge in [0.2, 0.25) is 0 Å². The van der Waals surface area contributed by atoms with Crippen LogP contribution >= 0.6 is 0 Å². The third-order valence-electron chi connectivity index (χ3n) is 2.43. The molecule has 1 heterocycles. The minimum atomic E-state index is -1.79. The average molecular weight is 290 g/mol. The molecule has 0 saturated carbocycles. The Kier molecular flexibility index (Phi) is 8.61. The largest absolute Gasteiger partial charge is 0.461 e. The summed E-state index contributed by atoms with van der Waals surface area (Å²) in [7, 11) is 0. The van der Waals surface area contributed by atoms with Crippen LogP contribution in [0.5, 0.6) is 0 Å². The summed E-state index contributed by atoms with van der Waals surface area (Å²) in [6, 6.07) is 1.75. The molecule has 0 aliphatic carbocycles. The fourth-order valence-electron chi connectivity index (χ4n) is 1.12. The summed E-state index contributed by atoms with van der Waals surface area (Å²) >= 11 is 0. The van der Waals surface area contributed by atoms with E-state index in [0.29, 0.717) is 12.0 Å². The van der Waals surface area contributed by atoms with Gasteiger partial charge in [-0.1, -0.05) is 0 Å². The summed E-state index contributed by atoms with van der Waals surface area (Å²) in [5.41, 5.74) is 0.889. The highest BCUT2D eigenvalue weighted by Gasteiger charge is 2.29. The van der Waals surface area contributed by atoms with Crippen LogP contribution in [0.25, 0.3) is 0 Å². The van der Waals surface area contributed by atoms with Crippen molar-refractivity contribution in [3.05, 3.63) is 23.7 Å². The maximum Gasteiger partial charge on any atom is 0.185 e. The minimum Gasteiger partial charge on any atom is -0.461 e. The highest BCUT2D eigenvalue weighted by atomic mass is 16.4. The van der Waals surface area contributed by atoms with Crippen LogP contribution in [0.15, 0.2) is 16.7 Å². The van der Waals surface area contributed by atoms with Crippen LogP contribution < -0.4 is 0 Å². The predicted molar refractivity (Wildman–Crippen MR) is 66.0 cm³/mol. The van der Waals surface area contributed by atoms with E-state index in [0.717, 1.165) is 5.56 Å². The molecule has 8 nitrogen and oxygen atoms in total. The Morgan fingerprint density at radius 3 is 2.10 bits per heavy atom. The van der Waals surface area contributed by atoms with E-state index in [1.165, 1.54) is 6.26 Å². The van der Waals surface area contributed by atoms with Gasteiger partial charge in [0.1, 0.15) is 24.4 Å². The lowest BCUT2D eigenvalue weighted by molar-refractivity contribution is -0.136. The summed E-state index contributed by atoms with van der Waals surface area (Å²) in [6.45, 7) is 1.07. The zero-order valence-electron chi connectivity index (χ0n) is 10.8. The molecule has 0 saturated heterocycles. The van der Waals surface area contributed by atoms with Crippen molar-refractivity contribution in [1.29, 1.82) is 0 Å². The molecule has 20 heavy (non-hydrogen) atoms. The Balaban J connectivity index is 0.000000388. The number of aryl methyl sites for hydroxylation is 1. The van der Waals surface area contributed by atoms with E-state index in [4.69, 9.17) is 29.9 Å². The van der Waals surface area contributed by atoms with Gasteiger partial charge in [-0.25, -0.2) is 0 Å². The van der Waals surface area contributed by atoms with Crippen molar-refractivity contribution >= 4 is 12.6 Å². The molecule has 4 atom stereocenters. The van der Waals surface area contributed by atoms with Crippen molar-refractivity contribution in [3.63, 3.8) is 0 Å². The summed E-state index contributed by atoms with van der Waals surface area (Å²) in [6.07, 6.45) is -4.64. The maximum atomic E-state index is 9.99. The first-order chi connectivity index (χ1) is 9.38. The predicted octanol–water partition coefficient (Wildman–Crippen LogP) is -1.98. The first kappa shape index (κ1) is 18.4. The van der Waals surface area contributed by atoms with E-state index in [-0.39, 0.29) is 6.29 Å². The second kappa shape index (κ2) is 9.34. The number of carbonyl (C=O) groups excluding carboxylic acids is 2. The normalized spacial score (nSPS) is 16.3. The number of aliphatic hydroxyl groups is 5. The van der Waals surface area contributed by atoms with Crippen molar-refractivity contribution in [3.8, 4) is 0 Å². The Labute approximate surface area is 114 Å². The first-order valence-corrected chi connectivity index (χ1v) is 5.66. The van der Waals surface area contributed by atoms with E-state index in [1.54, 1.807) is 6.07 Å². The fourth-order valence-corrected chi connectivity index (χ4v) is 1.12. The van der Waals surface area contributed by atoms with Crippen molar-refractivity contribution < 1.29 is 39.5 Å². The highest BCUT2D eigenvalue weighted by Crippen LogP contribution is 2.04. The zero-order valence-corrected chi connectivity index (χ0v) is 10.8. The monoisotopic (exact) mass is 290 g/mol. The third-order valence-corrected chi connectivity index (χ3v) is 2.43. The van der Waals surface area contributed by atoms with Crippen LogP contribution in [0.2, 0.25) is 0 Å². The Bertz CT molecular complexity index is 402.